The summed E-state index contributed by atoms with van der Waals surface area (Å²) in [6.45, 7) is 0. The van der Waals surface area contributed by atoms with E-state index in [2.05, 4.69) is 0 Å². The van der Waals surface area contributed by atoms with Gasteiger partial charge in [-0.05, 0) is 11.6 Å². The van der Waals surface area contributed by atoms with Gasteiger partial charge in [0, 0.05) is 18.1 Å². The molecule has 0 aromatic heterocycles. The van der Waals surface area contributed by atoms with Crippen LogP contribution in [-0.4, -0.2) is 17.1 Å². The van der Waals surface area contributed by atoms with Crippen molar-refractivity contribution in [3.05, 3.63) is 41.5 Å². The highest BCUT2D eigenvalue weighted by Gasteiger charge is 2.07. The second kappa shape index (κ2) is 4.97. The predicted octanol–water partition coefficient (Wildman–Crippen LogP) is 0.736. The zero-order valence-corrected chi connectivity index (χ0v) is 7.36. The van der Waals surface area contributed by atoms with Crippen LogP contribution in [0.1, 0.15) is 15.9 Å². The minimum Gasteiger partial charge on any atom is -0.288 e. The van der Waals surface area contributed by atoms with E-state index in [1.807, 2.05) is 0 Å². The van der Waals surface area contributed by atoms with Gasteiger partial charge in [-0.3, -0.25) is 10.0 Å². The first-order valence-electron chi connectivity index (χ1n) is 4.01. The Morgan fingerprint density at radius 2 is 2.21 bits per heavy atom. The Balaban J connectivity index is 3.02. The average molecular weight is 191 g/mol. The van der Waals surface area contributed by atoms with Gasteiger partial charge < -0.3 is 0 Å². The maximum absolute atomic E-state index is 11.1. The van der Waals surface area contributed by atoms with Crippen LogP contribution in [0.25, 0.3) is 0 Å². The van der Waals surface area contributed by atoms with Crippen LogP contribution in [0.2, 0.25) is 0 Å². The number of benzene rings is 1. The third-order valence-corrected chi connectivity index (χ3v) is 1.77. The van der Waals surface area contributed by atoms with Gasteiger partial charge in [0.1, 0.15) is 5.94 Å². The lowest BCUT2D eigenvalue weighted by Crippen LogP contribution is -2.20. The van der Waals surface area contributed by atoms with Crippen LogP contribution in [0, 0.1) is 0 Å². The zero-order chi connectivity index (χ0) is 10.4. The highest BCUT2D eigenvalue weighted by Crippen LogP contribution is 2.09. The van der Waals surface area contributed by atoms with Gasteiger partial charge in [-0.2, -0.15) is 0 Å². The van der Waals surface area contributed by atoms with E-state index in [-0.39, 0.29) is 0 Å². The number of nitrogens with one attached hydrogen (secondary N) is 1. The number of amides is 1. The summed E-state index contributed by atoms with van der Waals surface area (Å²) in [5.41, 5.74) is 2.56. The molecule has 0 saturated heterocycles. The molecule has 0 saturated carbocycles. The van der Waals surface area contributed by atoms with Crippen molar-refractivity contribution in [3.8, 4) is 0 Å². The molecule has 0 aliphatic rings. The molecule has 4 heteroatoms. The van der Waals surface area contributed by atoms with E-state index in [9.17, 15) is 9.59 Å². The molecule has 14 heavy (non-hydrogen) atoms. The highest BCUT2D eigenvalue weighted by atomic mass is 16.5. The summed E-state index contributed by atoms with van der Waals surface area (Å²) in [6.07, 6.45) is 1.61. The first-order valence-corrected chi connectivity index (χ1v) is 4.01. The molecule has 0 aliphatic carbocycles. The summed E-state index contributed by atoms with van der Waals surface area (Å²) in [4.78, 5) is 21.1. The van der Waals surface area contributed by atoms with E-state index in [0.717, 1.165) is 0 Å². The lowest BCUT2D eigenvalue weighted by atomic mass is 10.0. The van der Waals surface area contributed by atoms with Crippen molar-refractivity contribution in [2.75, 3.05) is 0 Å². The number of allylic oxidation sites excluding steroid dienone is 1. The van der Waals surface area contributed by atoms with Gasteiger partial charge in [-0.15, -0.1) is 0 Å². The molecular formula is C10H9NO3. The number of carbonyl (C=O) groups excluding carboxylic acids is 2. The van der Waals surface area contributed by atoms with Crippen LogP contribution in [0.3, 0.4) is 0 Å². The maximum Gasteiger partial charge on any atom is 0.274 e. The Morgan fingerprint density at radius 3 is 2.86 bits per heavy atom. The summed E-state index contributed by atoms with van der Waals surface area (Å²) in [7, 11) is 0. The third kappa shape index (κ3) is 2.29. The number of carbonyl (C=O) groups is 1. The van der Waals surface area contributed by atoms with Crippen molar-refractivity contribution in [1.29, 1.82) is 0 Å². The van der Waals surface area contributed by atoms with Crippen molar-refractivity contribution in [2.45, 2.75) is 6.42 Å². The van der Waals surface area contributed by atoms with Crippen molar-refractivity contribution in [2.24, 2.45) is 0 Å². The van der Waals surface area contributed by atoms with E-state index in [4.69, 9.17) is 5.21 Å². The van der Waals surface area contributed by atoms with Gasteiger partial charge in [0.15, 0.2) is 0 Å². The topological polar surface area (TPSA) is 66.4 Å². The SMILES string of the molecule is O=C=CCc1ccccc1C(=O)NO. The molecule has 0 aliphatic heterocycles. The normalized spacial score (nSPS) is 8.93. The zero-order valence-electron chi connectivity index (χ0n) is 7.36. The Bertz CT molecular complexity index is 381. The van der Waals surface area contributed by atoms with Crippen molar-refractivity contribution in [1.82, 2.24) is 5.48 Å². The fourth-order valence-corrected chi connectivity index (χ4v) is 1.13. The summed E-state index contributed by atoms with van der Waals surface area (Å²) < 4.78 is 0. The smallest absolute Gasteiger partial charge is 0.274 e. The number of hydrogen-bond acceptors (Lipinski definition) is 3. The Morgan fingerprint density at radius 1 is 1.50 bits per heavy atom. The molecule has 4 nitrogen and oxygen atoms in total. The summed E-state index contributed by atoms with van der Waals surface area (Å²) >= 11 is 0. The van der Waals surface area contributed by atoms with Gasteiger partial charge in [-0.25, -0.2) is 10.3 Å². The Kier molecular flexibility index (Phi) is 3.61. The molecule has 0 fully saturated rings. The minimum absolute atomic E-state index is 0.326. The summed E-state index contributed by atoms with van der Waals surface area (Å²) in [5, 5.41) is 8.45. The second-order valence-corrected chi connectivity index (χ2v) is 2.62. The third-order valence-electron chi connectivity index (χ3n) is 1.77. The average Bonchev–Trinajstić information content (AvgIpc) is 2.25. The van der Waals surface area contributed by atoms with Gasteiger partial charge in [-0.1, -0.05) is 18.2 Å². The summed E-state index contributed by atoms with van der Waals surface area (Å²) in [5.74, 6) is 1.05. The van der Waals surface area contributed by atoms with Gasteiger partial charge >= 0.3 is 0 Å². The van der Waals surface area contributed by atoms with Gasteiger partial charge in [0.25, 0.3) is 5.91 Å². The standard InChI is InChI=1S/C10H9NO3/c12-7-3-5-8-4-1-2-6-9(8)10(13)11-14/h1-4,6,14H,5H2,(H,11,13). The lowest BCUT2D eigenvalue weighted by Gasteiger charge is -2.03. The summed E-state index contributed by atoms with van der Waals surface area (Å²) in [6, 6.07) is 6.71. The van der Waals surface area contributed by atoms with Crippen LogP contribution in [0.4, 0.5) is 0 Å². The first kappa shape index (κ1) is 10.2. The maximum atomic E-state index is 11.1. The molecule has 0 unspecified atom stereocenters. The quantitative estimate of drug-likeness (QED) is 0.420. The Hall–Kier alpha value is -1.90. The fraction of sp³-hybridized carbons (Fsp3) is 0.100. The van der Waals surface area contributed by atoms with Crippen LogP contribution in [0.5, 0.6) is 0 Å². The fourth-order valence-electron chi connectivity index (χ4n) is 1.13. The number of hydroxylamine groups is 1. The van der Waals surface area contributed by atoms with E-state index in [1.165, 1.54) is 6.08 Å². The molecule has 0 heterocycles. The van der Waals surface area contributed by atoms with Crippen molar-refractivity contribution >= 4 is 11.8 Å². The molecule has 1 aromatic rings. The van der Waals surface area contributed by atoms with Crippen LogP contribution in [0.15, 0.2) is 30.3 Å². The highest BCUT2D eigenvalue weighted by molar-refractivity contribution is 5.94. The van der Waals surface area contributed by atoms with E-state index in [0.29, 0.717) is 17.5 Å². The number of rotatable bonds is 3. The molecule has 0 radical (unpaired) electrons. The predicted molar refractivity (Wildman–Crippen MR) is 49.7 cm³/mol. The van der Waals surface area contributed by atoms with E-state index < -0.39 is 5.91 Å². The van der Waals surface area contributed by atoms with E-state index >= 15 is 0 Å². The first-order chi connectivity index (χ1) is 6.79. The molecule has 0 atom stereocenters. The minimum atomic E-state index is -0.583. The van der Waals surface area contributed by atoms with Gasteiger partial charge in [0.05, 0.1) is 0 Å². The molecule has 1 amide bonds. The Labute approximate surface area is 80.8 Å². The largest absolute Gasteiger partial charge is 0.288 e. The van der Waals surface area contributed by atoms with Gasteiger partial charge in [0.2, 0.25) is 0 Å². The molecule has 0 spiro atoms. The lowest BCUT2D eigenvalue weighted by molar-refractivity contribution is 0.0705. The molecule has 1 rings (SSSR count). The van der Waals surface area contributed by atoms with Crippen LogP contribution < -0.4 is 5.48 Å². The molecule has 72 valence electrons. The number of hydrogen-bond donors (Lipinski definition) is 2. The second-order valence-electron chi connectivity index (χ2n) is 2.62. The molecule has 1 aromatic carbocycles. The van der Waals surface area contributed by atoms with E-state index in [1.54, 1.807) is 35.7 Å². The van der Waals surface area contributed by atoms with Crippen LogP contribution >= 0.6 is 0 Å². The van der Waals surface area contributed by atoms with Crippen molar-refractivity contribution < 1.29 is 14.8 Å². The monoisotopic (exact) mass is 191 g/mol. The molecule has 2 N–H and O–H groups in total. The van der Waals surface area contributed by atoms with Crippen molar-refractivity contribution in [3.63, 3.8) is 0 Å². The van der Waals surface area contributed by atoms with Crippen LogP contribution in [-0.2, 0) is 11.2 Å². The molecule has 0 bridgehead atoms. The molecular weight excluding hydrogens is 182 g/mol.